The van der Waals surface area contributed by atoms with Crippen molar-refractivity contribution in [3.8, 4) is 11.1 Å². The first-order valence-electron chi connectivity index (χ1n) is 11.2. The highest BCUT2D eigenvalue weighted by atomic mass is 32.2. The molecule has 2 aromatic carbocycles. The highest BCUT2D eigenvalue weighted by Crippen LogP contribution is 2.51. The van der Waals surface area contributed by atoms with E-state index in [2.05, 4.69) is 4.72 Å². The number of benzene rings is 2. The second-order valence-electron chi connectivity index (χ2n) is 8.99. The molecule has 3 unspecified atom stereocenters. The zero-order chi connectivity index (χ0) is 23.8. The third kappa shape index (κ3) is 5.10. The fourth-order valence-electron chi connectivity index (χ4n) is 4.60. The normalized spacial score (nSPS) is 23.4. The molecule has 6 nitrogen and oxygen atoms in total. The lowest BCUT2D eigenvalue weighted by atomic mass is 9.95. The summed E-state index contributed by atoms with van der Waals surface area (Å²) in [5, 5.41) is 0. The quantitative estimate of drug-likeness (QED) is 0.692. The number of nitrogens with zero attached hydrogens (tertiary/aromatic N) is 2. The van der Waals surface area contributed by atoms with Gasteiger partial charge in [-0.05, 0) is 54.9 Å². The van der Waals surface area contributed by atoms with E-state index >= 15 is 0 Å². The molecule has 0 spiro atoms. The van der Waals surface area contributed by atoms with Crippen LogP contribution in [0.15, 0.2) is 42.5 Å². The molecule has 1 aliphatic heterocycles. The van der Waals surface area contributed by atoms with Crippen LogP contribution in [0.3, 0.4) is 0 Å². The summed E-state index contributed by atoms with van der Waals surface area (Å²) in [5.41, 5.74) is 1.21. The van der Waals surface area contributed by atoms with Crippen molar-refractivity contribution in [1.29, 1.82) is 0 Å². The smallest absolute Gasteiger partial charge is 0.279 e. The third-order valence-electron chi connectivity index (χ3n) is 6.54. The maximum atomic E-state index is 14.4. The van der Waals surface area contributed by atoms with Crippen LogP contribution >= 0.6 is 0 Å². The Morgan fingerprint density at radius 1 is 1.03 bits per heavy atom. The van der Waals surface area contributed by atoms with Gasteiger partial charge in [-0.25, -0.2) is 8.78 Å². The molecule has 9 heteroatoms. The van der Waals surface area contributed by atoms with E-state index in [1.165, 1.54) is 32.3 Å². The van der Waals surface area contributed by atoms with Crippen molar-refractivity contribution in [3.05, 3.63) is 59.7 Å². The largest absolute Gasteiger partial charge is 0.342 e. The summed E-state index contributed by atoms with van der Waals surface area (Å²) in [5.74, 6) is -1.52. The predicted octanol–water partition coefficient (Wildman–Crippen LogP) is 3.51. The standard InChI is InChI=1S/C24H29F2N3O3S/c1-28(2)33(31,32)27-16-7-6-13-29(14-12-16)24(30)20-15-19(20)17-8-3-4-9-18(17)23-21(25)10-5-11-22(23)26/h3-5,8-11,16,19-20,27H,6-7,12-15H2,1-2H3. The summed E-state index contributed by atoms with van der Waals surface area (Å²) in [6, 6.07) is 10.7. The number of hydrogen-bond acceptors (Lipinski definition) is 3. The second-order valence-corrected chi connectivity index (χ2v) is 10.9. The minimum atomic E-state index is -3.52. The lowest BCUT2D eigenvalue weighted by Crippen LogP contribution is -2.42. The van der Waals surface area contributed by atoms with Crippen LogP contribution in [0, 0.1) is 17.6 Å². The van der Waals surface area contributed by atoms with Crippen LogP contribution in [0.25, 0.3) is 11.1 Å². The Morgan fingerprint density at radius 2 is 1.73 bits per heavy atom. The first kappa shape index (κ1) is 23.8. The van der Waals surface area contributed by atoms with E-state index < -0.39 is 21.8 Å². The number of halogens is 2. The number of carbonyl (C=O) groups excluding carboxylic acids is 1. The molecule has 33 heavy (non-hydrogen) atoms. The SMILES string of the molecule is CN(C)S(=O)(=O)NC1CCCN(C(=O)C2CC2c2ccccc2-c2c(F)cccc2F)CC1. The van der Waals surface area contributed by atoms with Gasteiger partial charge in [0.15, 0.2) is 0 Å². The second kappa shape index (κ2) is 9.48. The Bertz CT molecular complexity index is 1120. The van der Waals surface area contributed by atoms with E-state index in [-0.39, 0.29) is 29.3 Å². The van der Waals surface area contributed by atoms with Crippen molar-refractivity contribution in [1.82, 2.24) is 13.9 Å². The van der Waals surface area contributed by atoms with Gasteiger partial charge in [-0.15, -0.1) is 0 Å². The molecule has 0 bridgehead atoms. The van der Waals surface area contributed by atoms with Crippen molar-refractivity contribution in [3.63, 3.8) is 0 Å². The topological polar surface area (TPSA) is 69.7 Å². The average molecular weight is 478 g/mol. The summed E-state index contributed by atoms with van der Waals surface area (Å²) >= 11 is 0. The third-order valence-corrected chi connectivity index (χ3v) is 8.13. The lowest BCUT2D eigenvalue weighted by molar-refractivity contribution is -0.132. The molecule has 0 radical (unpaired) electrons. The summed E-state index contributed by atoms with van der Waals surface area (Å²) in [6.45, 7) is 1.05. The first-order valence-corrected chi connectivity index (χ1v) is 12.6. The van der Waals surface area contributed by atoms with Crippen LogP contribution in [0.1, 0.15) is 37.2 Å². The summed E-state index contributed by atoms with van der Waals surface area (Å²) < 4.78 is 56.9. The zero-order valence-electron chi connectivity index (χ0n) is 18.8. The monoisotopic (exact) mass is 477 g/mol. The molecular formula is C24H29F2N3O3S. The van der Waals surface area contributed by atoms with Crippen LogP contribution in [0.4, 0.5) is 8.78 Å². The van der Waals surface area contributed by atoms with Gasteiger partial charge in [0.05, 0.1) is 5.56 Å². The Hall–Kier alpha value is -2.36. The number of carbonyl (C=O) groups is 1. The zero-order valence-corrected chi connectivity index (χ0v) is 19.6. The van der Waals surface area contributed by atoms with Crippen LogP contribution in [0.5, 0.6) is 0 Å². The van der Waals surface area contributed by atoms with Gasteiger partial charge in [0.1, 0.15) is 11.6 Å². The summed E-state index contributed by atoms with van der Waals surface area (Å²) in [6.07, 6.45) is 2.56. The van der Waals surface area contributed by atoms with Gasteiger partial charge in [-0.3, -0.25) is 4.79 Å². The van der Waals surface area contributed by atoms with E-state index in [1.807, 2.05) is 12.1 Å². The molecule has 2 aliphatic rings. The Kier molecular flexibility index (Phi) is 6.83. The molecule has 1 amide bonds. The van der Waals surface area contributed by atoms with Gasteiger partial charge in [0.25, 0.3) is 10.2 Å². The van der Waals surface area contributed by atoms with Crippen LogP contribution in [-0.4, -0.2) is 56.8 Å². The van der Waals surface area contributed by atoms with Crippen molar-refractivity contribution in [2.24, 2.45) is 5.92 Å². The van der Waals surface area contributed by atoms with Gasteiger partial charge >= 0.3 is 0 Å². The predicted molar refractivity (Wildman–Crippen MR) is 123 cm³/mol. The van der Waals surface area contributed by atoms with E-state index in [0.29, 0.717) is 44.3 Å². The van der Waals surface area contributed by atoms with Gasteiger partial charge in [0, 0.05) is 39.1 Å². The molecule has 3 atom stereocenters. The molecule has 2 aromatic rings. The van der Waals surface area contributed by atoms with E-state index in [4.69, 9.17) is 0 Å². The maximum Gasteiger partial charge on any atom is 0.279 e. The fraction of sp³-hybridized carbons (Fsp3) is 0.458. The Balaban J connectivity index is 1.45. The fourth-order valence-corrected chi connectivity index (χ4v) is 5.47. The van der Waals surface area contributed by atoms with Gasteiger partial charge in [0.2, 0.25) is 5.91 Å². The van der Waals surface area contributed by atoms with Crippen LogP contribution < -0.4 is 4.72 Å². The Labute approximate surface area is 193 Å². The van der Waals surface area contributed by atoms with Gasteiger partial charge in [-0.2, -0.15) is 17.4 Å². The van der Waals surface area contributed by atoms with E-state index in [9.17, 15) is 22.0 Å². The molecule has 1 heterocycles. The molecule has 2 fully saturated rings. The lowest BCUT2D eigenvalue weighted by Gasteiger charge is -2.22. The number of amides is 1. The molecule has 4 rings (SSSR count). The molecule has 1 N–H and O–H groups in total. The molecule has 178 valence electrons. The number of nitrogens with one attached hydrogen (secondary N) is 1. The van der Waals surface area contributed by atoms with Gasteiger partial charge in [-0.1, -0.05) is 30.3 Å². The van der Waals surface area contributed by atoms with Crippen LogP contribution in [0.2, 0.25) is 0 Å². The highest BCUT2D eigenvalue weighted by molar-refractivity contribution is 7.87. The van der Waals surface area contributed by atoms with Gasteiger partial charge < -0.3 is 4.90 Å². The first-order chi connectivity index (χ1) is 15.7. The van der Waals surface area contributed by atoms with Crippen molar-refractivity contribution >= 4 is 16.1 Å². The van der Waals surface area contributed by atoms with E-state index in [1.54, 1.807) is 17.0 Å². The molecular weight excluding hydrogens is 448 g/mol. The summed E-state index contributed by atoms with van der Waals surface area (Å²) in [4.78, 5) is 15.0. The highest BCUT2D eigenvalue weighted by Gasteiger charge is 2.47. The van der Waals surface area contributed by atoms with Crippen molar-refractivity contribution in [2.45, 2.75) is 37.6 Å². The maximum absolute atomic E-state index is 14.4. The van der Waals surface area contributed by atoms with Crippen molar-refractivity contribution < 1.29 is 22.0 Å². The molecule has 1 aliphatic carbocycles. The molecule has 0 aromatic heterocycles. The number of rotatable bonds is 6. The van der Waals surface area contributed by atoms with Crippen LogP contribution in [-0.2, 0) is 15.0 Å². The summed E-state index contributed by atoms with van der Waals surface area (Å²) in [7, 11) is -0.562. The molecule has 1 saturated heterocycles. The minimum Gasteiger partial charge on any atom is -0.342 e. The minimum absolute atomic E-state index is 0.0277. The van der Waals surface area contributed by atoms with Crippen molar-refractivity contribution in [2.75, 3.05) is 27.2 Å². The van der Waals surface area contributed by atoms with E-state index in [0.717, 1.165) is 9.87 Å². The number of hydrogen-bond donors (Lipinski definition) is 1. The number of likely N-dealkylation sites (tertiary alicyclic amines) is 1. The Morgan fingerprint density at radius 3 is 2.42 bits per heavy atom. The average Bonchev–Trinajstić information content (AvgIpc) is 3.58. The molecule has 1 saturated carbocycles.